The van der Waals surface area contributed by atoms with Crippen LogP contribution < -0.4 is 11.1 Å². The van der Waals surface area contributed by atoms with Crippen molar-refractivity contribution >= 4 is 23.0 Å². The van der Waals surface area contributed by atoms with E-state index in [1.54, 1.807) is 6.20 Å². The molecule has 0 spiro atoms. The van der Waals surface area contributed by atoms with Gasteiger partial charge in [0, 0.05) is 18.3 Å². The number of thiocarbonyl (C=S) groups is 1. The Labute approximate surface area is 122 Å². The minimum absolute atomic E-state index is 0.274. The lowest BCUT2D eigenvalue weighted by atomic mass is 9.87. The van der Waals surface area contributed by atoms with Gasteiger partial charge >= 0.3 is 0 Å². The predicted molar refractivity (Wildman–Crippen MR) is 86.5 cm³/mol. The summed E-state index contributed by atoms with van der Waals surface area (Å²) in [5.74, 6) is 0.842. The van der Waals surface area contributed by atoms with E-state index < -0.39 is 0 Å². The molecule has 0 atom stereocenters. The number of aromatic nitrogens is 1. The average molecular weight is 279 g/mol. The number of nitrogens with one attached hydrogen (secondary N) is 1. The van der Waals surface area contributed by atoms with Crippen LogP contribution >= 0.6 is 12.2 Å². The standard InChI is InChI=1S/C15H25N3S/c1-4-5-6-8-15(2,3)11-18-13-10-12(14(16)19)7-9-17-13/h7,9-10H,4-6,8,11H2,1-3H3,(H2,16,19)(H,17,18). The highest BCUT2D eigenvalue weighted by atomic mass is 32.1. The van der Waals surface area contributed by atoms with E-state index in [0.717, 1.165) is 17.9 Å². The van der Waals surface area contributed by atoms with Gasteiger partial charge in [0.25, 0.3) is 0 Å². The molecule has 1 rings (SSSR count). The van der Waals surface area contributed by atoms with Crippen LogP contribution in [0.5, 0.6) is 0 Å². The fourth-order valence-electron chi connectivity index (χ4n) is 1.95. The first-order valence-electron chi connectivity index (χ1n) is 6.94. The molecule has 3 N–H and O–H groups in total. The molecule has 0 radical (unpaired) electrons. The topological polar surface area (TPSA) is 50.9 Å². The zero-order chi connectivity index (χ0) is 14.3. The Morgan fingerprint density at radius 2 is 2.16 bits per heavy atom. The van der Waals surface area contributed by atoms with Gasteiger partial charge < -0.3 is 11.1 Å². The van der Waals surface area contributed by atoms with Crippen molar-refractivity contribution in [2.24, 2.45) is 11.1 Å². The third-order valence-corrected chi connectivity index (χ3v) is 3.49. The molecule has 19 heavy (non-hydrogen) atoms. The summed E-state index contributed by atoms with van der Waals surface area (Å²) in [5.41, 5.74) is 6.75. The Morgan fingerprint density at radius 3 is 2.79 bits per heavy atom. The van der Waals surface area contributed by atoms with Crippen molar-refractivity contribution in [3.8, 4) is 0 Å². The summed E-state index contributed by atoms with van der Waals surface area (Å²) < 4.78 is 0. The maximum absolute atomic E-state index is 5.62. The molecule has 0 fully saturated rings. The number of hydrogen-bond acceptors (Lipinski definition) is 3. The molecule has 4 heteroatoms. The van der Waals surface area contributed by atoms with E-state index >= 15 is 0 Å². The van der Waals surface area contributed by atoms with Gasteiger partial charge in [0.05, 0.1) is 0 Å². The minimum Gasteiger partial charge on any atom is -0.389 e. The molecule has 0 aromatic carbocycles. The Balaban J connectivity index is 2.51. The number of unbranched alkanes of at least 4 members (excludes halogenated alkanes) is 2. The first kappa shape index (κ1) is 15.9. The van der Waals surface area contributed by atoms with E-state index in [0.29, 0.717) is 4.99 Å². The van der Waals surface area contributed by atoms with E-state index in [-0.39, 0.29) is 5.41 Å². The molecular formula is C15H25N3S. The maximum Gasteiger partial charge on any atom is 0.126 e. The molecule has 0 amide bonds. The lowest BCUT2D eigenvalue weighted by Crippen LogP contribution is -2.23. The van der Waals surface area contributed by atoms with Crippen LogP contribution in [0.1, 0.15) is 52.0 Å². The molecule has 0 aliphatic rings. The van der Waals surface area contributed by atoms with Crippen molar-refractivity contribution in [3.05, 3.63) is 23.9 Å². The van der Waals surface area contributed by atoms with Crippen LogP contribution in [0.2, 0.25) is 0 Å². The number of nitrogens with two attached hydrogens (primary N) is 1. The van der Waals surface area contributed by atoms with E-state index in [9.17, 15) is 0 Å². The number of anilines is 1. The van der Waals surface area contributed by atoms with Gasteiger partial charge in [-0.3, -0.25) is 0 Å². The summed E-state index contributed by atoms with van der Waals surface area (Å²) in [6, 6.07) is 3.74. The molecule has 1 aromatic rings. The summed E-state index contributed by atoms with van der Waals surface area (Å²) in [5, 5.41) is 3.38. The molecule has 0 bridgehead atoms. The lowest BCUT2D eigenvalue weighted by molar-refractivity contribution is 0.342. The first-order chi connectivity index (χ1) is 8.94. The zero-order valence-corrected chi connectivity index (χ0v) is 13.0. The molecule has 0 unspecified atom stereocenters. The number of pyridine rings is 1. The van der Waals surface area contributed by atoms with Crippen molar-refractivity contribution < 1.29 is 0 Å². The Morgan fingerprint density at radius 1 is 1.42 bits per heavy atom. The Kier molecular flexibility index (Phi) is 6.22. The van der Waals surface area contributed by atoms with Crippen molar-refractivity contribution in [1.29, 1.82) is 0 Å². The molecule has 1 aromatic heterocycles. The number of rotatable bonds is 8. The molecule has 1 heterocycles. The van der Waals surface area contributed by atoms with Gasteiger partial charge in [-0.1, -0.05) is 52.3 Å². The van der Waals surface area contributed by atoms with Gasteiger partial charge in [0.2, 0.25) is 0 Å². The summed E-state index contributed by atoms with van der Waals surface area (Å²) in [6.07, 6.45) is 6.81. The smallest absolute Gasteiger partial charge is 0.126 e. The van der Waals surface area contributed by atoms with E-state index in [4.69, 9.17) is 18.0 Å². The summed E-state index contributed by atoms with van der Waals surface area (Å²) >= 11 is 4.97. The van der Waals surface area contributed by atoms with Crippen molar-refractivity contribution in [3.63, 3.8) is 0 Å². The highest BCUT2D eigenvalue weighted by Crippen LogP contribution is 2.24. The summed E-state index contributed by atoms with van der Waals surface area (Å²) in [6.45, 7) is 7.71. The van der Waals surface area contributed by atoms with Gasteiger partial charge in [0.1, 0.15) is 10.8 Å². The average Bonchev–Trinajstić information content (AvgIpc) is 2.37. The minimum atomic E-state index is 0.274. The van der Waals surface area contributed by atoms with Crippen LogP contribution in [0.25, 0.3) is 0 Å². The second-order valence-electron chi connectivity index (χ2n) is 5.77. The van der Waals surface area contributed by atoms with Crippen LogP contribution in [0.4, 0.5) is 5.82 Å². The predicted octanol–water partition coefficient (Wildman–Crippen LogP) is 3.73. The van der Waals surface area contributed by atoms with Gasteiger partial charge in [-0.25, -0.2) is 4.98 Å². The van der Waals surface area contributed by atoms with Crippen LogP contribution in [-0.4, -0.2) is 16.5 Å². The maximum atomic E-state index is 5.62. The third-order valence-electron chi connectivity index (χ3n) is 3.25. The zero-order valence-electron chi connectivity index (χ0n) is 12.2. The number of hydrogen-bond donors (Lipinski definition) is 2. The fraction of sp³-hybridized carbons (Fsp3) is 0.600. The SMILES string of the molecule is CCCCCC(C)(C)CNc1cc(C(N)=S)ccn1. The van der Waals surface area contributed by atoms with Gasteiger partial charge in [0.15, 0.2) is 0 Å². The van der Waals surface area contributed by atoms with Crippen LogP contribution in [-0.2, 0) is 0 Å². The van der Waals surface area contributed by atoms with Crippen LogP contribution in [0, 0.1) is 5.41 Å². The van der Waals surface area contributed by atoms with Gasteiger partial charge in [-0.2, -0.15) is 0 Å². The molecule has 0 aliphatic carbocycles. The van der Waals surface area contributed by atoms with Crippen molar-refractivity contribution in [2.75, 3.05) is 11.9 Å². The van der Waals surface area contributed by atoms with Crippen LogP contribution in [0.15, 0.2) is 18.3 Å². The van der Waals surface area contributed by atoms with Gasteiger partial charge in [-0.15, -0.1) is 0 Å². The molecule has 3 nitrogen and oxygen atoms in total. The number of nitrogens with zero attached hydrogens (tertiary/aromatic N) is 1. The largest absolute Gasteiger partial charge is 0.389 e. The second-order valence-corrected chi connectivity index (χ2v) is 6.21. The molecular weight excluding hydrogens is 254 g/mol. The van der Waals surface area contributed by atoms with E-state index in [1.165, 1.54) is 25.7 Å². The van der Waals surface area contributed by atoms with E-state index in [2.05, 4.69) is 31.1 Å². The van der Waals surface area contributed by atoms with Crippen molar-refractivity contribution in [1.82, 2.24) is 4.98 Å². The summed E-state index contributed by atoms with van der Waals surface area (Å²) in [4.78, 5) is 4.70. The van der Waals surface area contributed by atoms with E-state index in [1.807, 2.05) is 12.1 Å². The first-order valence-corrected chi connectivity index (χ1v) is 7.35. The summed E-state index contributed by atoms with van der Waals surface area (Å²) in [7, 11) is 0. The molecule has 106 valence electrons. The van der Waals surface area contributed by atoms with Crippen molar-refractivity contribution in [2.45, 2.75) is 46.5 Å². The highest BCUT2D eigenvalue weighted by molar-refractivity contribution is 7.80. The second kappa shape index (κ2) is 7.43. The fourth-order valence-corrected chi connectivity index (χ4v) is 2.08. The van der Waals surface area contributed by atoms with Crippen LogP contribution in [0.3, 0.4) is 0 Å². The Hall–Kier alpha value is -1.16. The molecule has 0 saturated heterocycles. The monoisotopic (exact) mass is 279 g/mol. The quantitative estimate of drug-likeness (QED) is 0.562. The highest BCUT2D eigenvalue weighted by Gasteiger charge is 2.17. The van der Waals surface area contributed by atoms with Gasteiger partial charge in [-0.05, 0) is 24.0 Å². The molecule has 0 saturated carbocycles. The Bertz CT molecular complexity index is 416. The normalized spacial score (nSPS) is 11.3. The lowest BCUT2D eigenvalue weighted by Gasteiger charge is -2.25. The third kappa shape index (κ3) is 6.01. The molecule has 0 aliphatic heterocycles.